The van der Waals surface area contributed by atoms with Gasteiger partial charge < -0.3 is 10.2 Å². The van der Waals surface area contributed by atoms with Crippen LogP contribution >= 0.6 is 0 Å². The van der Waals surface area contributed by atoms with Gasteiger partial charge in [0.1, 0.15) is 0 Å². The standard InChI is InChI=1S/C10H12N2O6S/c13-9-5-11(6-10(9)14)19(17,18)8-3-1-2-7(4-8)12(15)16/h1-4,9-10,13-14H,5-6H2/t9-,10+. The smallest absolute Gasteiger partial charge is 0.270 e. The monoisotopic (exact) mass is 288 g/mol. The highest BCUT2D eigenvalue weighted by molar-refractivity contribution is 7.89. The van der Waals surface area contributed by atoms with Crippen LogP contribution in [0, 0.1) is 10.1 Å². The Hall–Kier alpha value is -1.55. The molecule has 2 rings (SSSR count). The summed E-state index contributed by atoms with van der Waals surface area (Å²) in [7, 11) is -3.95. The van der Waals surface area contributed by atoms with Crippen molar-refractivity contribution in [3.63, 3.8) is 0 Å². The minimum atomic E-state index is -3.95. The number of hydrogen-bond acceptors (Lipinski definition) is 6. The summed E-state index contributed by atoms with van der Waals surface area (Å²) in [6.45, 7) is -0.460. The Kier molecular flexibility index (Phi) is 3.54. The fraction of sp³-hybridized carbons (Fsp3) is 0.400. The van der Waals surface area contributed by atoms with Gasteiger partial charge in [0.05, 0.1) is 22.0 Å². The number of β-amino-alcohol motifs (C(OH)–C–C–N with tert-alkyl or cyclic N) is 2. The molecule has 104 valence electrons. The zero-order valence-corrected chi connectivity index (χ0v) is 10.5. The summed E-state index contributed by atoms with van der Waals surface area (Å²) in [4.78, 5) is 9.70. The lowest BCUT2D eigenvalue weighted by molar-refractivity contribution is -0.385. The number of nitrogens with zero attached hydrogens (tertiary/aromatic N) is 2. The lowest BCUT2D eigenvalue weighted by Crippen LogP contribution is -2.30. The summed E-state index contributed by atoms with van der Waals surface area (Å²) >= 11 is 0. The fourth-order valence-corrected chi connectivity index (χ4v) is 3.35. The SMILES string of the molecule is O=[N+]([O-])c1cccc(S(=O)(=O)N2C[C@@H](O)[C@@H](O)C2)c1. The highest BCUT2D eigenvalue weighted by atomic mass is 32.2. The maximum atomic E-state index is 12.2. The molecule has 1 heterocycles. The Bertz CT molecular complexity index is 592. The lowest BCUT2D eigenvalue weighted by atomic mass is 10.3. The molecule has 0 unspecified atom stereocenters. The third kappa shape index (κ3) is 2.59. The number of aliphatic hydroxyl groups is 2. The number of nitro groups is 1. The molecule has 0 spiro atoms. The van der Waals surface area contributed by atoms with E-state index in [9.17, 15) is 28.7 Å². The van der Waals surface area contributed by atoms with Gasteiger partial charge in [0.25, 0.3) is 5.69 Å². The third-order valence-corrected chi connectivity index (χ3v) is 4.72. The van der Waals surface area contributed by atoms with Crippen molar-refractivity contribution in [3.05, 3.63) is 34.4 Å². The maximum Gasteiger partial charge on any atom is 0.270 e. The van der Waals surface area contributed by atoms with E-state index in [1.807, 2.05) is 0 Å². The summed E-state index contributed by atoms with van der Waals surface area (Å²) in [6.07, 6.45) is -2.29. The second kappa shape index (κ2) is 4.85. The van der Waals surface area contributed by atoms with Crippen LogP contribution in [0.1, 0.15) is 0 Å². The highest BCUT2D eigenvalue weighted by Gasteiger charge is 2.37. The second-order valence-corrected chi connectivity index (χ2v) is 6.15. The zero-order chi connectivity index (χ0) is 14.2. The van der Waals surface area contributed by atoms with Gasteiger partial charge in [-0.3, -0.25) is 10.1 Å². The molecule has 0 bridgehead atoms. The van der Waals surface area contributed by atoms with Gasteiger partial charge in [0, 0.05) is 25.2 Å². The minimum absolute atomic E-state index is 0.230. The van der Waals surface area contributed by atoms with E-state index >= 15 is 0 Å². The minimum Gasteiger partial charge on any atom is -0.389 e. The van der Waals surface area contributed by atoms with E-state index in [1.54, 1.807) is 0 Å². The molecule has 0 aromatic heterocycles. The number of hydrogen-bond donors (Lipinski definition) is 2. The normalized spacial score (nSPS) is 24.5. The summed E-state index contributed by atoms with van der Waals surface area (Å²) in [5.74, 6) is 0. The van der Waals surface area contributed by atoms with Crippen LogP contribution in [-0.2, 0) is 10.0 Å². The molecule has 1 saturated heterocycles. The van der Waals surface area contributed by atoms with E-state index in [2.05, 4.69) is 0 Å². The molecule has 8 nitrogen and oxygen atoms in total. The molecule has 1 aliphatic heterocycles. The topological polar surface area (TPSA) is 121 Å². The summed E-state index contributed by atoms with van der Waals surface area (Å²) in [6, 6.07) is 4.65. The first-order chi connectivity index (χ1) is 8.82. The van der Waals surface area contributed by atoms with Crippen molar-refractivity contribution in [1.29, 1.82) is 0 Å². The van der Waals surface area contributed by atoms with Gasteiger partial charge in [-0.05, 0) is 6.07 Å². The van der Waals surface area contributed by atoms with Crippen LogP contribution < -0.4 is 0 Å². The molecule has 2 N–H and O–H groups in total. The molecule has 19 heavy (non-hydrogen) atoms. The van der Waals surface area contributed by atoms with E-state index < -0.39 is 27.2 Å². The Morgan fingerprint density at radius 3 is 2.37 bits per heavy atom. The predicted molar refractivity (Wildman–Crippen MR) is 63.9 cm³/mol. The van der Waals surface area contributed by atoms with Crippen molar-refractivity contribution in [2.75, 3.05) is 13.1 Å². The summed E-state index contributed by atoms with van der Waals surface area (Å²) in [5, 5.41) is 29.3. The van der Waals surface area contributed by atoms with Crippen molar-refractivity contribution in [3.8, 4) is 0 Å². The molecule has 1 aromatic rings. The molecule has 0 saturated carbocycles. The van der Waals surface area contributed by atoms with E-state index in [-0.39, 0.29) is 23.7 Å². The largest absolute Gasteiger partial charge is 0.389 e. The molecule has 2 atom stereocenters. The highest BCUT2D eigenvalue weighted by Crippen LogP contribution is 2.24. The van der Waals surface area contributed by atoms with E-state index in [1.165, 1.54) is 18.2 Å². The number of non-ortho nitro benzene ring substituents is 1. The first-order valence-corrected chi connectivity index (χ1v) is 6.87. The average Bonchev–Trinajstić information content (AvgIpc) is 2.70. The average molecular weight is 288 g/mol. The van der Waals surface area contributed by atoms with Gasteiger partial charge in [-0.2, -0.15) is 4.31 Å². The van der Waals surface area contributed by atoms with Gasteiger partial charge in [0.15, 0.2) is 0 Å². The van der Waals surface area contributed by atoms with Crippen LogP contribution in [0.15, 0.2) is 29.2 Å². The molecular formula is C10H12N2O6S. The molecule has 0 amide bonds. The zero-order valence-electron chi connectivity index (χ0n) is 9.71. The number of benzene rings is 1. The molecule has 1 fully saturated rings. The van der Waals surface area contributed by atoms with Gasteiger partial charge in [-0.25, -0.2) is 8.42 Å². The van der Waals surface area contributed by atoms with Crippen LogP contribution in [0.3, 0.4) is 0 Å². The molecule has 1 aliphatic rings. The van der Waals surface area contributed by atoms with Crippen molar-refractivity contribution >= 4 is 15.7 Å². The lowest BCUT2D eigenvalue weighted by Gasteiger charge is -2.15. The Labute approximate surface area is 109 Å². The second-order valence-electron chi connectivity index (χ2n) is 4.21. The summed E-state index contributed by atoms with van der Waals surface area (Å²) in [5.41, 5.74) is -0.332. The fourth-order valence-electron chi connectivity index (χ4n) is 1.84. The first kappa shape index (κ1) is 13.9. The van der Waals surface area contributed by atoms with Gasteiger partial charge in [-0.1, -0.05) is 6.07 Å². The Morgan fingerprint density at radius 2 is 1.84 bits per heavy atom. The molecule has 1 aromatic carbocycles. The van der Waals surface area contributed by atoms with Crippen LogP contribution in [0.5, 0.6) is 0 Å². The predicted octanol–water partition coefficient (Wildman–Crippen LogP) is -0.679. The maximum absolute atomic E-state index is 12.2. The van der Waals surface area contributed by atoms with Crippen molar-refractivity contribution in [1.82, 2.24) is 4.31 Å². The molecule has 9 heteroatoms. The van der Waals surface area contributed by atoms with Crippen LogP contribution in [-0.4, -0.2) is 53.2 Å². The van der Waals surface area contributed by atoms with E-state index in [4.69, 9.17) is 0 Å². The van der Waals surface area contributed by atoms with E-state index in [0.29, 0.717) is 0 Å². The van der Waals surface area contributed by atoms with Gasteiger partial charge in [-0.15, -0.1) is 0 Å². The molecule has 0 radical (unpaired) electrons. The molecule has 0 aliphatic carbocycles. The number of nitro benzene ring substituents is 1. The first-order valence-electron chi connectivity index (χ1n) is 5.43. The number of aliphatic hydroxyl groups excluding tert-OH is 2. The van der Waals surface area contributed by atoms with Crippen LogP contribution in [0.4, 0.5) is 5.69 Å². The Balaban J connectivity index is 2.35. The van der Waals surface area contributed by atoms with E-state index in [0.717, 1.165) is 10.4 Å². The van der Waals surface area contributed by atoms with Crippen molar-refractivity contribution in [2.24, 2.45) is 0 Å². The van der Waals surface area contributed by atoms with Crippen molar-refractivity contribution in [2.45, 2.75) is 17.1 Å². The number of rotatable bonds is 3. The number of sulfonamides is 1. The van der Waals surface area contributed by atoms with Gasteiger partial charge >= 0.3 is 0 Å². The Morgan fingerprint density at radius 1 is 1.26 bits per heavy atom. The van der Waals surface area contributed by atoms with Crippen molar-refractivity contribution < 1.29 is 23.6 Å². The molecular weight excluding hydrogens is 276 g/mol. The van der Waals surface area contributed by atoms with Gasteiger partial charge in [0.2, 0.25) is 10.0 Å². The summed E-state index contributed by atoms with van der Waals surface area (Å²) < 4.78 is 25.3. The third-order valence-electron chi connectivity index (χ3n) is 2.89. The quantitative estimate of drug-likeness (QED) is 0.561. The van der Waals surface area contributed by atoms with Crippen LogP contribution in [0.2, 0.25) is 0 Å². The van der Waals surface area contributed by atoms with Crippen LogP contribution in [0.25, 0.3) is 0 Å².